The number of likely N-dealkylation sites (tertiary alicyclic amines) is 1. The standard InChI is InChI=1S/C18H24ClN3O5S2/c1-12(11-14-3-4-16(19)28-14)29(25,26)20-15-5-6-22(18(15)24)13(2)17(23)21-7-9-27-10-8-21/h3-4,11,13,15,20H,5-10H2,1-2H3/b12-11+. The highest BCUT2D eigenvalue weighted by molar-refractivity contribution is 7.93. The summed E-state index contributed by atoms with van der Waals surface area (Å²) in [6.45, 7) is 5.43. The summed E-state index contributed by atoms with van der Waals surface area (Å²) < 4.78 is 33.6. The summed E-state index contributed by atoms with van der Waals surface area (Å²) in [6.07, 6.45) is 1.83. The van der Waals surface area contributed by atoms with Gasteiger partial charge in [0.25, 0.3) is 0 Å². The molecule has 2 aliphatic heterocycles. The Morgan fingerprint density at radius 3 is 2.66 bits per heavy atom. The van der Waals surface area contributed by atoms with E-state index in [0.717, 1.165) is 0 Å². The van der Waals surface area contributed by atoms with Crippen LogP contribution in [0.25, 0.3) is 6.08 Å². The van der Waals surface area contributed by atoms with Crippen LogP contribution in [-0.2, 0) is 24.3 Å². The van der Waals surface area contributed by atoms with Crippen molar-refractivity contribution < 1.29 is 22.7 Å². The van der Waals surface area contributed by atoms with Gasteiger partial charge in [0.2, 0.25) is 21.8 Å². The third-order valence-electron chi connectivity index (χ3n) is 5.05. The molecule has 2 unspecified atom stereocenters. The zero-order valence-electron chi connectivity index (χ0n) is 16.3. The Bertz CT molecular complexity index is 908. The first-order valence-corrected chi connectivity index (χ1v) is 12.0. The molecule has 2 amide bonds. The van der Waals surface area contributed by atoms with E-state index in [2.05, 4.69) is 4.72 Å². The van der Waals surface area contributed by atoms with Crippen LogP contribution in [0.1, 0.15) is 25.1 Å². The zero-order chi connectivity index (χ0) is 21.2. The van der Waals surface area contributed by atoms with Gasteiger partial charge >= 0.3 is 0 Å². The van der Waals surface area contributed by atoms with E-state index in [1.165, 1.54) is 29.2 Å². The van der Waals surface area contributed by atoms with Crippen molar-refractivity contribution in [3.63, 3.8) is 0 Å². The predicted octanol–water partition coefficient (Wildman–Crippen LogP) is 1.53. The van der Waals surface area contributed by atoms with Gasteiger partial charge in [0.1, 0.15) is 12.1 Å². The topological polar surface area (TPSA) is 96.0 Å². The largest absolute Gasteiger partial charge is 0.378 e. The van der Waals surface area contributed by atoms with Crippen molar-refractivity contribution in [3.05, 3.63) is 26.3 Å². The number of amides is 2. The number of nitrogens with zero attached hydrogens (tertiary/aromatic N) is 2. The van der Waals surface area contributed by atoms with Crippen LogP contribution < -0.4 is 4.72 Å². The number of rotatable bonds is 6. The van der Waals surface area contributed by atoms with Crippen molar-refractivity contribution in [2.75, 3.05) is 32.8 Å². The van der Waals surface area contributed by atoms with Crippen LogP contribution in [0.15, 0.2) is 17.0 Å². The molecule has 0 aliphatic carbocycles. The van der Waals surface area contributed by atoms with Crippen LogP contribution in [0.4, 0.5) is 0 Å². The summed E-state index contributed by atoms with van der Waals surface area (Å²) in [7, 11) is -3.84. The van der Waals surface area contributed by atoms with Crippen molar-refractivity contribution in [2.45, 2.75) is 32.4 Å². The zero-order valence-corrected chi connectivity index (χ0v) is 18.6. The molecule has 2 fully saturated rings. The van der Waals surface area contributed by atoms with Crippen LogP contribution in [0.5, 0.6) is 0 Å². The Morgan fingerprint density at radius 2 is 2.03 bits per heavy atom. The number of carbonyl (C=O) groups is 2. The SMILES string of the molecule is C/C(=C\c1ccc(Cl)s1)S(=O)(=O)NC1CCN(C(C)C(=O)N2CCOCC2)C1=O. The minimum Gasteiger partial charge on any atom is -0.378 e. The molecule has 0 spiro atoms. The third-order valence-corrected chi connectivity index (χ3v) is 7.79. The molecule has 11 heteroatoms. The van der Waals surface area contributed by atoms with Gasteiger partial charge in [-0.1, -0.05) is 11.6 Å². The summed E-state index contributed by atoms with van der Waals surface area (Å²) >= 11 is 7.15. The molecule has 3 rings (SSSR count). The van der Waals surface area contributed by atoms with E-state index in [9.17, 15) is 18.0 Å². The molecule has 2 saturated heterocycles. The summed E-state index contributed by atoms with van der Waals surface area (Å²) in [5.41, 5.74) is 0. The van der Waals surface area contributed by atoms with Crippen LogP contribution in [0.3, 0.4) is 0 Å². The number of thiophene rings is 1. The maximum Gasteiger partial charge on any atom is 0.245 e. The van der Waals surface area contributed by atoms with E-state index in [1.807, 2.05) is 0 Å². The highest BCUT2D eigenvalue weighted by Gasteiger charge is 2.40. The Labute approximate surface area is 179 Å². The lowest BCUT2D eigenvalue weighted by Crippen LogP contribution is -2.52. The monoisotopic (exact) mass is 461 g/mol. The lowest BCUT2D eigenvalue weighted by molar-refractivity contribution is -0.146. The van der Waals surface area contributed by atoms with E-state index in [4.69, 9.17) is 16.3 Å². The number of ether oxygens (including phenoxy) is 1. The van der Waals surface area contributed by atoms with Gasteiger partial charge in [0, 0.05) is 24.5 Å². The van der Waals surface area contributed by atoms with E-state index in [0.29, 0.717) is 48.5 Å². The summed E-state index contributed by atoms with van der Waals surface area (Å²) in [5, 5.41) is 0. The number of hydrogen-bond donors (Lipinski definition) is 1. The number of hydrogen-bond acceptors (Lipinski definition) is 6. The summed E-state index contributed by atoms with van der Waals surface area (Å²) in [4.78, 5) is 29.4. The molecule has 1 aromatic rings. The quantitative estimate of drug-likeness (QED) is 0.693. The van der Waals surface area contributed by atoms with Gasteiger partial charge in [-0.05, 0) is 38.5 Å². The fraction of sp³-hybridized carbons (Fsp3) is 0.556. The second-order valence-electron chi connectivity index (χ2n) is 7.00. The molecule has 160 valence electrons. The van der Waals surface area contributed by atoms with Crippen molar-refractivity contribution in [3.8, 4) is 0 Å². The number of sulfonamides is 1. The van der Waals surface area contributed by atoms with Gasteiger partial charge in [0.05, 0.1) is 22.5 Å². The van der Waals surface area contributed by atoms with Gasteiger partial charge in [-0.2, -0.15) is 4.72 Å². The molecule has 8 nitrogen and oxygen atoms in total. The van der Waals surface area contributed by atoms with Crippen molar-refractivity contribution in [2.24, 2.45) is 0 Å². The van der Waals surface area contributed by atoms with E-state index < -0.39 is 22.1 Å². The number of morpholine rings is 1. The second kappa shape index (κ2) is 9.13. The Hall–Kier alpha value is -1.46. The summed E-state index contributed by atoms with van der Waals surface area (Å²) in [5.74, 6) is -0.523. The molecule has 3 heterocycles. The molecular weight excluding hydrogens is 438 g/mol. The molecule has 29 heavy (non-hydrogen) atoms. The first-order valence-electron chi connectivity index (χ1n) is 9.32. The first-order chi connectivity index (χ1) is 13.7. The molecule has 0 radical (unpaired) electrons. The number of halogens is 1. The molecule has 1 aromatic heterocycles. The third kappa shape index (κ3) is 5.18. The van der Waals surface area contributed by atoms with Gasteiger partial charge in [-0.3, -0.25) is 9.59 Å². The molecular formula is C18H24ClN3O5S2. The van der Waals surface area contributed by atoms with Crippen molar-refractivity contribution >= 4 is 50.9 Å². The number of carbonyl (C=O) groups excluding carboxylic acids is 2. The Morgan fingerprint density at radius 1 is 1.34 bits per heavy atom. The average molecular weight is 462 g/mol. The minimum atomic E-state index is -3.84. The fourth-order valence-electron chi connectivity index (χ4n) is 3.34. The highest BCUT2D eigenvalue weighted by Crippen LogP contribution is 2.25. The molecule has 2 atom stereocenters. The molecule has 0 bridgehead atoms. The number of allylic oxidation sites excluding steroid dienone is 1. The average Bonchev–Trinajstić information content (AvgIpc) is 3.26. The lowest BCUT2D eigenvalue weighted by atomic mass is 10.2. The van der Waals surface area contributed by atoms with Crippen LogP contribution in [-0.4, -0.2) is 75.0 Å². The lowest BCUT2D eigenvalue weighted by Gasteiger charge is -2.32. The van der Waals surface area contributed by atoms with Crippen LogP contribution in [0.2, 0.25) is 4.34 Å². The first kappa shape index (κ1) is 22.2. The normalized spacial score (nSPS) is 22.2. The van der Waals surface area contributed by atoms with Crippen molar-refractivity contribution in [1.82, 2.24) is 14.5 Å². The number of nitrogens with one attached hydrogen (secondary N) is 1. The molecule has 1 N–H and O–H groups in total. The van der Waals surface area contributed by atoms with Crippen molar-refractivity contribution in [1.29, 1.82) is 0 Å². The molecule has 2 aliphatic rings. The van der Waals surface area contributed by atoms with E-state index in [-0.39, 0.29) is 16.7 Å². The highest BCUT2D eigenvalue weighted by atomic mass is 35.5. The van der Waals surface area contributed by atoms with Gasteiger partial charge < -0.3 is 14.5 Å². The Balaban J connectivity index is 1.64. The van der Waals surface area contributed by atoms with Crippen LogP contribution >= 0.6 is 22.9 Å². The maximum absolute atomic E-state index is 12.8. The minimum absolute atomic E-state index is 0.0970. The summed E-state index contributed by atoms with van der Waals surface area (Å²) in [6, 6.07) is 1.90. The second-order valence-corrected chi connectivity index (χ2v) is 10.6. The van der Waals surface area contributed by atoms with Gasteiger partial charge in [0.15, 0.2) is 0 Å². The fourth-order valence-corrected chi connectivity index (χ4v) is 5.54. The predicted molar refractivity (Wildman–Crippen MR) is 112 cm³/mol. The Kier molecular flexibility index (Phi) is 7.00. The maximum atomic E-state index is 12.8. The van der Waals surface area contributed by atoms with E-state index in [1.54, 1.807) is 24.0 Å². The van der Waals surface area contributed by atoms with Crippen LogP contribution in [0, 0.1) is 0 Å². The van der Waals surface area contributed by atoms with Gasteiger partial charge in [-0.15, -0.1) is 11.3 Å². The van der Waals surface area contributed by atoms with E-state index >= 15 is 0 Å². The molecule has 0 aromatic carbocycles. The molecule has 0 saturated carbocycles. The van der Waals surface area contributed by atoms with Gasteiger partial charge in [-0.25, -0.2) is 8.42 Å². The smallest absolute Gasteiger partial charge is 0.245 e.